The van der Waals surface area contributed by atoms with Gasteiger partial charge in [-0.1, -0.05) is 6.58 Å². The van der Waals surface area contributed by atoms with Gasteiger partial charge in [-0.15, -0.1) is 5.10 Å². The van der Waals surface area contributed by atoms with E-state index >= 15 is 0 Å². The summed E-state index contributed by atoms with van der Waals surface area (Å²) in [4.78, 5) is 21.0. The number of aliphatic hydroxyl groups excluding tert-OH is 2. The highest BCUT2D eigenvalue weighted by Crippen LogP contribution is 2.56. The predicted octanol–water partition coefficient (Wildman–Crippen LogP) is -1.01. The summed E-state index contributed by atoms with van der Waals surface area (Å²) in [6.45, 7) is 3.39. The molecule has 1 aliphatic heterocycles. The molecule has 6 N–H and O–H groups in total. The molecule has 23 heavy (non-hydrogen) atoms. The van der Waals surface area contributed by atoms with Crippen LogP contribution in [0.3, 0.4) is 0 Å². The number of aromatic nitrogens is 3. The van der Waals surface area contributed by atoms with Crippen molar-refractivity contribution in [3.8, 4) is 0 Å². The molecule has 130 valence electrons. The number of hydrogen-bond donors (Lipinski definition) is 5. The summed E-state index contributed by atoms with van der Waals surface area (Å²) in [5.74, 6) is 0.0132. The molecule has 0 spiro atoms. The van der Waals surface area contributed by atoms with E-state index in [-0.39, 0.29) is 11.5 Å². The molecule has 1 fully saturated rings. The molecule has 0 saturated carbocycles. The Balaban J connectivity index is 2.18. The average Bonchev–Trinajstić information content (AvgIpc) is 2.98. The van der Waals surface area contributed by atoms with E-state index in [0.29, 0.717) is 0 Å². The van der Waals surface area contributed by atoms with Gasteiger partial charge in [-0.05, 0) is 0 Å². The topological polar surface area (TPSA) is 164 Å². The van der Waals surface area contributed by atoms with Gasteiger partial charge in [-0.3, -0.25) is 4.57 Å². The van der Waals surface area contributed by atoms with E-state index in [0.717, 1.165) is 11.0 Å². The zero-order valence-electron chi connectivity index (χ0n) is 11.5. The van der Waals surface area contributed by atoms with Gasteiger partial charge in [-0.2, -0.15) is 8.78 Å². The van der Waals surface area contributed by atoms with Crippen LogP contribution < -0.4 is 5.73 Å². The van der Waals surface area contributed by atoms with Crippen LogP contribution in [0, 0.1) is 0 Å². The van der Waals surface area contributed by atoms with Crippen molar-refractivity contribution >= 4 is 13.3 Å². The van der Waals surface area contributed by atoms with Gasteiger partial charge >= 0.3 is 13.3 Å². The molecule has 0 aromatic carbocycles. The number of aliphatic hydroxyl groups is 2. The van der Waals surface area contributed by atoms with Crippen LogP contribution in [0.5, 0.6) is 0 Å². The minimum Gasteiger partial charge on any atom is -0.396 e. The predicted molar refractivity (Wildman–Crippen MR) is 70.8 cm³/mol. The summed E-state index contributed by atoms with van der Waals surface area (Å²) < 4.78 is 43.6. The molecule has 2 heterocycles. The molecule has 0 aliphatic carbocycles. The Kier molecular flexibility index (Phi) is 4.59. The number of ether oxygens (including phenoxy) is 1. The van der Waals surface area contributed by atoms with Crippen molar-refractivity contribution in [2.45, 2.75) is 36.6 Å². The molecule has 0 unspecified atom stereocenters. The van der Waals surface area contributed by atoms with Gasteiger partial charge in [0.25, 0.3) is 0 Å². The Morgan fingerprint density at radius 3 is 2.57 bits per heavy atom. The Labute approximate surface area is 128 Å². The van der Waals surface area contributed by atoms with Crippen molar-refractivity contribution in [3.05, 3.63) is 18.7 Å². The average molecular weight is 356 g/mol. The molecular weight excluding hydrogens is 341 g/mol. The van der Waals surface area contributed by atoms with Crippen molar-refractivity contribution in [1.82, 2.24) is 14.8 Å². The first kappa shape index (κ1) is 17.9. The van der Waals surface area contributed by atoms with Crippen molar-refractivity contribution in [2.75, 3.05) is 0 Å². The first-order valence-corrected chi connectivity index (χ1v) is 7.86. The molecule has 0 bridgehead atoms. The van der Waals surface area contributed by atoms with Crippen LogP contribution in [-0.4, -0.2) is 58.7 Å². The van der Waals surface area contributed by atoms with Gasteiger partial charge in [-0.25, -0.2) is 9.67 Å². The van der Waals surface area contributed by atoms with Crippen LogP contribution in [0.2, 0.25) is 0 Å². The Morgan fingerprint density at radius 1 is 1.48 bits per heavy atom. The molecule has 13 heteroatoms. The van der Waals surface area contributed by atoms with Gasteiger partial charge in [0, 0.05) is 0 Å². The minimum atomic E-state index is -5.74. The second-order valence-corrected chi connectivity index (χ2v) is 6.78. The SMILES string of the molecule is C=C(N)c1ncn([C@@H]2O[C@H](CC(F)(F)P(=O)(O)O)[C@@H](O)[C@H]2O)n1. The highest BCUT2D eigenvalue weighted by atomic mass is 31.2. The maximum atomic E-state index is 13.4. The number of rotatable bonds is 5. The zero-order valence-corrected chi connectivity index (χ0v) is 12.4. The molecule has 1 aliphatic rings. The highest BCUT2D eigenvalue weighted by Gasteiger charge is 2.55. The molecular formula is C10H15F2N4O6P. The largest absolute Gasteiger partial charge is 0.396 e. The summed E-state index contributed by atoms with van der Waals surface area (Å²) in [6.07, 6.45) is -6.94. The van der Waals surface area contributed by atoms with E-state index in [2.05, 4.69) is 16.7 Å². The maximum absolute atomic E-state index is 13.4. The number of nitrogens with zero attached hydrogens (tertiary/aromatic N) is 3. The van der Waals surface area contributed by atoms with Gasteiger partial charge < -0.3 is 30.5 Å². The lowest BCUT2D eigenvalue weighted by atomic mass is 10.1. The van der Waals surface area contributed by atoms with Crippen LogP contribution in [0.15, 0.2) is 12.9 Å². The summed E-state index contributed by atoms with van der Waals surface area (Å²) >= 11 is 0. The lowest BCUT2D eigenvalue weighted by Gasteiger charge is -2.22. The number of alkyl halides is 2. The Bertz CT molecular complexity index is 649. The standard InChI is InChI=1S/C10H15F2N4O6P/c1-4(13)8-14-3-16(15-8)9-7(18)6(17)5(22-9)2-10(11,12)23(19,20)21/h3,5-7,9,17-18H,1-2,13H2,(H2,19,20,21)/t5-,6-,7-,9-/m1/s1. The molecule has 1 aromatic heterocycles. The summed E-state index contributed by atoms with van der Waals surface area (Å²) in [6, 6.07) is 0. The lowest BCUT2D eigenvalue weighted by molar-refractivity contribution is -0.0736. The number of halogens is 2. The third-order valence-corrected chi connectivity index (χ3v) is 4.30. The maximum Gasteiger partial charge on any atom is 0.394 e. The number of hydrogen-bond acceptors (Lipinski definition) is 7. The molecule has 1 saturated heterocycles. The third kappa shape index (κ3) is 3.42. The van der Waals surface area contributed by atoms with Gasteiger partial charge in [0.05, 0.1) is 18.2 Å². The van der Waals surface area contributed by atoms with E-state index in [9.17, 15) is 23.6 Å². The van der Waals surface area contributed by atoms with Crippen LogP contribution >= 0.6 is 7.60 Å². The lowest BCUT2D eigenvalue weighted by Crippen LogP contribution is -2.35. The second kappa shape index (κ2) is 5.89. The first-order chi connectivity index (χ1) is 10.4. The van der Waals surface area contributed by atoms with Crippen LogP contribution in [0.4, 0.5) is 8.78 Å². The van der Waals surface area contributed by atoms with Gasteiger partial charge in [0.15, 0.2) is 12.1 Å². The van der Waals surface area contributed by atoms with Crippen molar-refractivity contribution < 1.29 is 38.1 Å². The first-order valence-electron chi connectivity index (χ1n) is 6.25. The Hall–Kier alpha value is -1.43. The van der Waals surface area contributed by atoms with Crippen molar-refractivity contribution in [1.29, 1.82) is 0 Å². The summed E-state index contributed by atoms with van der Waals surface area (Å²) in [5.41, 5.74) is 0.980. The number of nitrogens with two attached hydrogens (primary N) is 1. The molecule has 2 rings (SSSR count). The fourth-order valence-electron chi connectivity index (χ4n) is 2.02. The second-order valence-electron chi connectivity index (χ2n) is 5.03. The molecule has 1 aromatic rings. The fraction of sp³-hybridized carbons (Fsp3) is 0.600. The van der Waals surface area contributed by atoms with E-state index in [1.165, 1.54) is 0 Å². The van der Waals surface area contributed by atoms with E-state index in [1.54, 1.807) is 0 Å². The van der Waals surface area contributed by atoms with Crippen LogP contribution in [0.1, 0.15) is 18.5 Å². The molecule has 10 nitrogen and oxygen atoms in total. The monoisotopic (exact) mass is 356 g/mol. The molecule has 4 atom stereocenters. The normalized spacial score (nSPS) is 29.0. The van der Waals surface area contributed by atoms with E-state index < -0.39 is 44.2 Å². The molecule has 0 radical (unpaired) electrons. The zero-order chi connectivity index (χ0) is 17.6. The summed E-state index contributed by atoms with van der Waals surface area (Å²) in [5, 5.41) is 23.4. The smallest absolute Gasteiger partial charge is 0.394 e. The van der Waals surface area contributed by atoms with Crippen LogP contribution in [-0.2, 0) is 9.30 Å². The Morgan fingerprint density at radius 2 is 2.09 bits per heavy atom. The van der Waals surface area contributed by atoms with Gasteiger partial charge in [0.2, 0.25) is 0 Å². The molecule has 0 amide bonds. The fourth-order valence-corrected chi connectivity index (χ4v) is 2.44. The van der Waals surface area contributed by atoms with Gasteiger partial charge in [0.1, 0.15) is 18.5 Å². The van der Waals surface area contributed by atoms with Crippen molar-refractivity contribution in [2.24, 2.45) is 5.73 Å². The van der Waals surface area contributed by atoms with Crippen LogP contribution in [0.25, 0.3) is 5.70 Å². The quantitative estimate of drug-likeness (QED) is 0.416. The van der Waals surface area contributed by atoms with E-state index in [4.69, 9.17) is 20.3 Å². The minimum absolute atomic E-state index is 0.0132. The van der Waals surface area contributed by atoms with E-state index in [1.807, 2.05) is 0 Å². The third-order valence-electron chi connectivity index (χ3n) is 3.27. The van der Waals surface area contributed by atoms with Crippen molar-refractivity contribution in [3.63, 3.8) is 0 Å². The summed E-state index contributed by atoms with van der Waals surface area (Å²) in [7, 11) is -5.74. The highest BCUT2D eigenvalue weighted by molar-refractivity contribution is 7.53.